The van der Waals surface area contributed by atoms with Crippen LogP contribution < -0.4 is 5.30 Å². The number of carbonyl (C=O) groups excluding carboxylic acids is 2. The van der Waals surface area contributed by atoms with Crippen LogP contribution in [0.4, 0.5) is 0 Å². The van der Waals surface area contributed by atoms with Gasteiger partial charge in [0.1, 0.15) is 0 Å². The lowest BCUT2D eigenvalue weighted by Crippen LogP contribution is -2.13. The topological polar surface area (TPSA) is 52.6 Å². The average molecular weight is 332 g/mol. The normalized spacial score (nSPS) is 9.35. The summed E-state index contributed by atoms with van der Waals surface area (Å²) >= 11 is 0. The van der Waals surface area contributed by atoms with Crippen molar-refractivity contribution in [3.05, 3.63) is 65.7 Å². The molecule has 0 fully saturated rings. The minimum absolute atomic E-state index is 0.239. The predicted molar refractivity (Wildman–Crippen MR) is 94.1 cm³/mol. The van der Waals surface area contributed by atoms with Gasteiger partial charge in [0.25, 0.3) is 0 Å². The van der Waals surface area contributed by atoms with Crippen LogP contribution in [0.1, 0.15) is 34.6 Å². The van der Waals surface area contributed by atoms with Crippen molar-refractivity contribution in [1.29, 1.82) is 0 Å². The molecular weight excluding hydrogens is 311 g/mol. The number of carbonyl (C=O) groups is 2. The molecule has 0 saturated carbocycles. The van der Waals surface area contributed by atoms with Crippen LogP contribution in [0.3, 0.4) is 0 Å². The Bertz CT molecular complexity index is 589. The standard InChI is InChI=1S/C12H14O4.C6H7P/c1-3-15-11(13)9-7-5-6-8-10(9)12(14)16-4-2;7-6-4-2-1-3-5-6/h5-8H,3-4H2,1-2H3;1-5H,7H2. The van der Waals surface area contributed by atoms with Gasteiger partial charge < -0.3 is 9.47 Å². The Labute approximate surface area is 139 Å². The molecule has 0 spiro atoms. The molecular formula is C18H21O4P. The number of hydrogen-bond acceptors (Lipinski definition) is 4. The Kier molecular flexibility index (Phi) is 8.63. The third kappa shape index (κ3) is 6.62. The van der Waals surface area contributed by atoms with Gasteiger partial charge in [0.15, 0.2) is 0 Å². The molecule has 0 radical (unpaired) electrons. The van der Waals surface area contributed by atoms with E-state index in [0.717, 1.165) is 0 Å². The second kappa shape index (κ2) is 10.5. The molecule has 2 aromatic rings. The molecule has 0 aliphatic carbocycles. The summed E-state index contributed by atoms with van der Waals surface area (Å²) in [5.41, 5.74) is 0.477. The van der Waals surface area contributed by atoms with E-state index in [1.807, 2.05) is 30.3 Å². The van der Waals surface area contributed by atoms with Crippen LogP contribution in [0.15, 0.2) is 54.6 Å². The van der Waals surface area contributed by atoms with E-state index < -0.39 is 11.9 Å². The fraction of sp³-hybridized carbons (Fsp3) is 0.222. The summed E-state index contributed by atoms with van der Waals surface area (Å²) in [5.74, 6) is -1.02. The van der Waals surface area contributed by atoms with Gasteiger partial charge >= 0.3 is 11.9 Å². The van der Waals surface area contributed by atoms with E-state index in [9.17, 15) is 9.59 Å². The summed E-state index contributed by atoms with van der Waals surface area (Å²) in [4.78, 5) is 23.1. The highest BCUT2D eigenvalue weighted by atomic mass is 31.0. The monoisotopic (exact) mass is 332 g/mol. The number of ether oxygens (including phenoxy) is 2. The lowest BCUT2D eigenvalue weighted by atomic mass is 10.1. The van der Waals surface area contributed by atoms with Gasteiger partial charge in [0.2, 0.25) is 0 Å². The van der Waals surface area contributed by atoms with Crippen LogP contribution >= 0.6 is 9.24 Å². The summed E-state index contributed by atoms with van der Waals surface area (Å²) in [6, 6.07) is 16.6. The zero-order chi connectivity index (χ0) is 17.1. The Morgan fingerprint density at radius 2 is 1.17 bits per heavy atom. The molecule has 4 nitrogen and oxygen atoms in total. The second-order valence-corrected chi connectivity index (χ2v) is 5.06. The van der Waals surface area contributed by atoms with Gasteiger partial charge in [-0.25, -0.2) is 9.59 Å². The van der Waals surface area contributed by atoms with Crippen LogP contribution in [0.25, 0.3) is 0 Å². The minimum atomic E-state index is -0.508. The predicted octanol–water partition coefficient (Wildman–Crippen LogP) is 3.23. The molecule has 0 aliphatic heterocycles. The zero-order valence-electron chi connectivity index (χ0n) is 13.3. The Hall–Kier alpha value is -2.19. The van der Waals surface area contributed by atoms with Gasteiger partial charge in [0.05, 0.1) is 24.3 Å². The number of benzene rings is 2. The summed E-state index contributed by atoms with van der Waals surface area (Å²) in [6.45, 7) is 3.97. The van der Waals surface area contributed by atoms with Crippen molar-refractivity contribution in [1.82, 2.24) is 0 Å². The summed E-state index contributed by atoms with van der Waals surface area (Å²) in [7, 11) is 2.63. The molecule has 0 heterocycles. The van der Waals surface area contributed by atoms with Crippen LogP contribution in [-0.2, 0) is 9.47 Å². The lowest BCUT2D eigenvalue weighted by molar-refractivity contribution is 0.0479. The summed E-state index contributed by atoms with van der Waals surface area (Å²) in [5, 5.41) is 1.24. The first-order valence-electron chi connectivity index (χ1n) is 7.33. The van der Waals surface area contributed by atoms with Gasteiger partial charge in [-0.2, -0.15) is 0 Å². The van der Waals surface area contributed by atoms with Crippen molar-refractivity contribution in [2.75, 3.05) is 13.2 Å². The quantitative estimate of drug-likeness (QED) is 0.637. The highest BCUT2D eigenvalue weighted by molar-refractivity contribution is 7.27. The molecule has 0 bridgehead atoms. The molecule has 0 amide bonds. The summed E-state index contributed by atoms with van der Waals surface area (Å²) < 4.78 is 9.70. The SMILES string of the molecule is CCOC(=O)c1ccccc1C(=O)OCC.Pc1ccccc1. The van der Waals surface area contributed by atoms with E-state index in [2.05, 4.69) is 9.24 Å². The molecule has 1 unspecified atom stereocenters. The molecule has 0 N–H and O–H groups in total. The molecule has 1 atom stereocenters. The third-order valence-electron chi connectivity index (χ3n) is 2.72. The van der Waals surface area contributed by atoms with E-state index in [-0.39, 0.29) is 24.3 Å². The molecule has 2 aromatic carbocycles. The maximum absolute atomic E-state index is 11.5. The fourth-order valence-corrected chi connectivity index (χ4v) is 1.93. The van der Waals surface area contributed by atoms with E-state index in [4.69, 9.17) is 9.47 Å². The number of hydrogen-bond donors (Lipinski definition) is 0. The van der Waals surface area contributed by atoms with E-state index >= 15 is 0 Å². The molecule has 0 aromatic heterocycles. The van der Waals surface area contributed by atoms with Crippen LogP contribution in [-0.4, -0.2) is 25.2 Å². The van der Waals surface area contributed by atoms with Gasteiger partial charge in [0, 0.05) is 0 Å². The van der Waals surface area contributed by atoms with Gasteiger partial charge in [-0.05, 0) is 31.3 Å². The smallest absolute Gasteiger partial charge is 0.338 e. The van der Waals surface area contributed by atoms with Crippen molar-refractivity contribution in [3.8, 4) is 0 Å². The van der Waals surface area contributed by atoms with Gasteiger partial charge in [-0.3, -0.25) is 0 Å². The Balaban J connectivity index is 0.000000313. The molecule has 5 heteroatoms. The molecule has 0 saturated heterocycles. The third-order valence-corrected chi connectivity index (χ3v) is 3.10. The number of esters is 2. The van der Waals surface area contributed by atoms with E-state index in [1.54, 1.807) is 38.1 Å². The molecule has 2 rings (SSSR count). The molecule has 0 aliphatic rings. The average Bonchev–Trinajstić information content (AvgIpc) is 2.56. The van der Waals surface area contributed by atoms with Crippen molar-refractivity contribution >= 4 is 26.5 Å². The largest absolute Gasteiger partial charge is 0.462 e. The highest BCUT2D eigenvalue weighted by Crippen LogP contribution is 2.11. The summed E-state index contributed by atoms with van der Waals surface area (Å²) in [6.07, 6.45) is 0. The Morgan fingerprint density at radius 3 is 1.48 bits per heavy atom. The van der Waals surface area contributed by atoms with Crippen LogP contribution in [0, 0.1) is 0 Å². The van der Waals surface area contributed by atoms with Gasteiger partial charge in [-0.1, -0.05) is 42.5 Å². The van der Waals surface area contributed by atoms with Crippen molar-refractivity contribution in [2.24, 2.45) is 0 Å². The molecule has 23 heavy (non-hydrogen) atoms. The first-order valence-corrected chi connectivity index (χ1v) is 7.91. The lowest BCUT2D eigenvalue weighted by Gasteiger charge is -2.07. The van der Waals surface area contributed by atoms with Crippen molar-refractivity contribution < 1.29 is 19.1 Å². The zero-order valence-corrected chi connectivity index (χ0v) is 14.5. The maximum atomic E-state index is 11.5. The van der Waals surface area contributed by atoms with Crippen LogP contribution in [0.2, 0.25) is 0 Å². The maximum Gasteiger partial charge on any atom is 0.338 e. The van der Waals surface area contributed by atoms with Crippen molar-refractivity contribution in [2.45, 2.75) is 13.8 Å². The fourth-order valence-electron chi connectivity index (χ4n) is 1.71. The van der Waals surface area contributed by atoms with Crippen LogP contribution in [0.5, 0.6) is 0 Å². The molecule has 122 valence electrons. The second-order valence-electron chi connectivity index (χ2n) is 4.40. The van der Waals surface area contributed by atoms with E-state index in [1.165, 1.54) is 5.30 Å². The van der Waals surface area contributed by atoms with Crippen molar-refractivity contribution in [3.63, 3.8) is 0 Å². The Morgan fingerprint density at radius 1 is 0.783 bits per heavy atom. The van der Waals surface area contributed by atoms with E-state index in [0.29, 0.717) is 0 Å². The first-order chi connectivity index (χ1) is 11.1. The number of rotatable bonds is 4. The van der Waals surface area contributed by atoms with Gasteiger partial charge in [-0.15, -0.1) is 9.24 Å². The first kappa shape index (κ1) is 18.9. The highest BCUT2D eigenvalue weighted by Gasteiger charge is 2.17. The minimum Gasteiger partial charge on any atom is -0.462 e.